The SMILES string of the molecule is CC1CC[C@@H](C)C1CI. The van der Waals surface area contributed by atoms with E-state index in [1.165, 1.54) is 17.3 Å². The van der Waals surface area contributed by atoms with Crippen LogP contribution in [-0.4, -0.2) is 4.43 Å². The minimum Gasteiger partial charge on any atom is -0.0861 e. The van der Waals surface area contributed by atoms with Crippen molar-refractivity contribution in [2.75, 3.05) is 4.43 Å². The Kier molecular flexibility index (Phi) is 2.80. The summed E-state index contributed by atoms with van der Waals surface area (Å²) in [7, 11) is 0. The number of alkyl halides is 1. The Bertz CT molecular complexity index is 80.6. The molecule has 0 spiro atoms. The Balaban J connectivity index is 2.44. The third-order valence-electron chi connectivity index (χ3n) is 2.72. The van der Waals surface area contributed by atoms with E-state index in [4.69, 9.17) is 0 Å². The van der Waals surface area contributed by atoms with Gasteiger partial charge >= 0.3 is 0 Å². The maximum absolute atomic E-state index is 2.52. The molecule has 0 aromatic rings. The highest BCUT2D eigenvalue weighted by atomic mass is 127. The molecule has 9 heavy (non-hydrogen) atoms. The van der Waals surface area contributed by atoms with E-state index in [2.05, 4.69) is 36.4 Å². The van der Waals surface area contributed by atoms with Gasteiger partial charge in [0.1, 0.15) is 0 Å². The van der Waals surface area contributed by atoms with Gasteiger partial charge in [-0.25, -0.2) is 0 Å². The van der Waals surface area contributed by atoms with Crippen molar-refractivity contribution in [1.82, 2.24) is 0 Å². The molecule has 0 N–H and O–H groups in total. The van der Waals surface area contributed by atoms with Gasteiger partial charge in [0, 0.05) is 4.43 Å². The zero-order chi connectivity index (χ0) is 6.85. The van der Waals surface area contributed by atoms with Crippen molar-refractivity contribution >= 4 is 22.6 Å². The van der Waals surface area contributed by atoms with Crippen molar-refractivity contribution in [1.29, 1.82) is 0 Å². The van der Waals surface area contributed by atoms with Crippen LogP contribution in [0.5, 0.6) is 0 Å². The van der Waals surface area contributed by atoms with Crippen LogP contribution >= 0.6 is 22.6 Å². The molecule has 0 aromatic heterocycles. The fourth-order valence-corrected chi connectivity index (χ4v) is 3.56. The summed E-state index contributed by atoms with van der Waals surface area (Å²) in [6, 6.07) is 0. The lowest BCUT2D eigenvalue weighted by Gasteiger charge is -2.15. The molecular weight excluding hydrogens is 223 g/mol. The Labute approximate surface area is 71.5 Å². The summed E-state index contributed by atoms with van der Waals surface area (Å²) in [5.41, 5.74) is 0. The predicted octanol–water partition coefficient (Wildman–Crippen LogP) is 3.10. The normalized spacial score (nSPS) is 43.7. The average Bonchev–Trinajstić information content (AvgIpc) is 2.12. The molecule has 0 aromatic carbocycles. The van der Waals surface area contributed by atoms with Gasteiger partial charge in [0.05, 0.1) is 0 Å². The van der Waals surface area contributed by atoms with Crippen molar-refractivity contribution in [3.05, 3.63) is 0 Å². The maximum Gasteiger partial charge on any atom is 0.00287 e. The molecular formula is C8H15I. The molecule has 0 amide bonds. The summed E-state index contributed by atoms with van der Waals surface area (Å²) in [5, 5.41) is 0. The molecule has 0 bridgehead atoms. The van der Waals surface area contributed by atoms with E-state index in [-0.39, 0.29) is 0 Å². The van der Waals surface area contributed by atoms with Crippen LogP contribution in [0.1, 0.15) is 26.7 Å². The number of rotatable bonds is 1. The number of hydrogen-bond donors (Lipinski definition) is 0. The molecule has 0 heterocycles. The second-order valence-electron chi connectivity index (χ2n) is 3.35. The lowest BCUT2D eigenvalue weighted by atomic mass is 9.94. The molecule has 0 radical (unpaired) electrons. The smallest absolute Gasteiger partial charge is 0.00287 e. The largest absolute Gasteiger partial charge is 0.0861 e. The molecule has 1 fully saturated rings. The molecule has 0 aliphatic heterocycles. The Morgan fingerprint density at radius 2 is 1.67 bits per heavy atom. The van der Waals surface area contributed by atoms with Crippen molar-refractivity contribution in [2.24, 2.45) is 17.8 Å². The van der Waals surface area contributed by atoms with Crippen LogP contribution in [0.4, 0.5) is 0 Å². The van der Waals surface area contributed by atoms with Crippen LogP contribution in [0.25, 0.3) is 0 Å². The highest BCUT2D eigenvalue weighted by molar-refractivity contribution is 14.1. The van der Waals surface area contributed by atoms with Crippen LogP contribution in [-0.2, 0) is 0 Å². The van der Waals surface area contributed by atoms with Crippen molar-refractivity contribution in [3.63, 3.8) is 0 Å². The Morgan fingerprint density at radius 1 is 1.22 bits per heavy atom. The second-order valence-corrected chi connectivity index (χ2v) is 4.23. The number of halogens is 1. The minimum absolute atomic E-state index is 0.997. The highest BCUT2D eigenvalue weighted by Gasteiger charge is 2.28. The zero-order valence-corrected chi connectivity index (χ0v) is 8.39. The van der Waals surface area contributed by atoms with Gasteiger partial charge in [0.2, 0.25) is 0 Å². The Morgan fingerprint density at radius 3 is 1.89 bits per heavy atom. The van der Waals surface area contributed by atoms with Crippen molar-refractivity contribution < 1.29 is 0 Å². The molecule has 2 unspecified atom stereocenters. The van der Waals surface area contributed by atoms with Gasteiger partial charge in [-0.15, -0.1) is 0 Å². The fourth-order valence-electron chi connectivity index (χ4n) is 1.82. The highest BCUT2D eigenvalue weighted by Crippen LogP contribution is 2.37. The first-order valence-corrected chi connectivity index (χ1v) is 5.34. The summed E-state index contributed by atoms with van der Waals surface area (Å²) >= 11 is 2.52. The molecule has 1 aliphatic rings. The predicted molar refractivity (Wildman–Crippen MR) is 49.9 cm³/mol. The first-order valence-electron chi connectivity index (χ1n) is 3.81. The van der Waals surface area contributed by atoms with Crippen molar-refractivity contribution in [3.8, 4) is 0 Å². The first-order chi connectivity index (χ1) is 4.25. The van der Waals surface area contributed by atoms with Crippen LogP contribution in [0, 0.1) is 17.8 Å². The molecule has 1 rings (SSSR count). The molecule has 0 nitrogen and oxygen atoms in total. The Hall–Kier alpha value is 0.730. The first kappa shape index (κ1) is 7.83. The van der Waals surface area contributed by atoms with Crippen LogP contribution in [0.15, 0.2) is 0 Å². The van der Waals surface area contributed by atoms with Crippen LogP contribution in [0.3, 0.4) is 0 Å². The molecule has 1 aliphatic carbocycles. The summed E-state index contributed by atoms with van der Waals surface area (Å²) in [6.45, 7) is 4.79. The molecule has 3 atom stereocenters. The summed E-state index contributed by atoms with van der Waals surface area (Å²) in [5.74, 6) is 3.01. The molecule has 54 valence electrons. The third-order valence-corrected chi connectivity index (χ3v) is 3.73. The topological polar surface area (TPSA) is 0 Å². The summed E-state index contributed by atoms with van der Waals surface area (Å²) in [6.07, 6.45) is 2.93. The van der Waals surface area contributed by atoms with Crippen LogP contribution < -0.4 is 0 Å². The van der Waals surface area contributed by atoms with Gasteiger partial charge in [0.25, 0.3) is 0 Å². The summed E-state index contributed by atoms with van der Waals surface area (Å²) < 4.78 is 1.36. The van der Waals surface area contributed by atoms with E-state index in [0.29, 0.717) is 0 Å². The molecule has 0 saturated heterocycles. The van der Waals surface area contributed by atoms with Gasteiger partial charge in [-0.3, -0.25) is 0 Å². The molecule has 1 heteroatoms. The monoisotopic (exact) mass is 238 g/mol. The number of hydrogen-bond acceptors (Lipinski definition) is 0. The van der Waals surface area contributed by atoms with E-state index in [1.807, 2.05) is 0 Å². The van der Waals surface area contributed by atoms with Gasteiger partial charge in [-0.1, -0.05) is 49.3 Å². The van der Waals surface area contributed by atoms with E-state index >= 15 is 0 Å². The zero-order valence-electron chi connectivity index (χ0n) is 6.23. The van der Waals surface area contributed by atoms with E-state index in [0.717, 1.165) is 17.8 Å². The second kappa shape index (κ2) is 3.22. The molecule has 1 saturated carbocycles. The lowest BCUT2D eigenvalue weighted by Crippen LogP contribution is -2.11. The minimum atomic E-state index is 0.997. The van der Waals surface area contributed by atoms with Gasteiger partial charge in [-0.2, -0.15) is 0 Å². The van der Waals surface area contributed by atoms with Crippen molar-refractivity contribution in [2.45, 2.75) is 26.7 Å². The quantitative estimate of drug-likeness (QED) is 0.486. The fraction of sp³-hybridized carbons (Fsp3) is 1.00. The van der Waals surface area contributed by atoms with Gasteiger partial charge in [-0.05, 0) is 17.8 Å². The van der Waals surface area contributed by atoms with E-state index in [1.54, 1.807) is 0 Å². The maximum atomic E-state index is 2.52. The summed E-state index contributed by atoms with van der Waals surface area (Å²) in [4.78, 5) is 0. The van der Waals surface area contributed by atoms with Gasteiger partial charge in [0.15, 0.2) is 0 Å². The van der Waals surface area contributed by atoms with E-state index < -0.39 is 0 Å². The van der Waals surface area contributed by atoms with Gasteiger partial charge < -0.3 is 0 Å². The standard InChI is InChI=1S/C8H15I/c1-6-3-4-7(2)8(6)5-9/h6-8H,3-5H2,1-2H3/t6-,7?,8?/m1/s1. The lowest BCUT2D eigenvalue weighted by molar-refractivity contribution is 0.393. The van der Waals surface area contributed by atoms with Crippen LogP contribution in [0.2, 0.25) is 0 Å². The average molecular weight is 238 g/mol. The third kappa shape index (κ3) is 1.60. The van der Waals surface area contributed by atoms with E-state index in [9.17, 15) is 0 Å².